The molecule has 0 aromatic carbocycles. The molecule has 0 N–H and O–H groups in total. The van der Waals surface area contributed by atoms with Crippen LogP contribution in [0.4, 0.5) is 0 Å². The van der Waals surface area contributed by atoms with Crippen LogP contribution in [0.25, 0.3) is 0 Å². The maximum absolute atomic E-state index is 6.15. The van der Waals surface area contributed by atoms with E-state index in [1.54, 1.807) is 5.57 Å². The van der Waals surface area contributed by atoms with Crippen LogP contribution < -0.4 is 0 Å². The van der Waals surface area contributed by atoms with Crippen molar-refractivity contribution in [3.8, 4) is 0 Å². The van der Waals surface area contributed by atoms with Crippen LogP contribution in [-0.4, -0.2) is 32.2 Å². The van der Waals surface area contributed by atoms with Gasteiger partial charge in [-0.2, -0.15) is 0 Å². The molecule has 2 aliphatic heterocycles. The van der Waals surface area contributed by atoms with Crippen LogP contribution in [-0.2, 0) is 14.2 Å². The van der Waals surface area contributed by atoms with E-state index in [0.717, 1.165) is 31.7 Å². The zero-order valence-electron chi connectivity index (χ0n) is 14.3. The molecule has 3 heteroatoms. The van der Waals surface area contributed by atoms with Gasteiger partial charge in [-0.25, -0.2) is 0 Å². The van der Waals surface area contributed by atoms with Crippen molar-refractivity contribution < 1.29 is 14.2 Å². The minimum atomic E-state index is -0.0410. The van der Waals surface area contributed by atoms with Gasteiger partial charge in [-0.3, -0.25) is 0 Å². The van der Waals surface area contributed by atoms with Crippen molar-refractivity contribution in [3.05, 3.63) is 11.6 Å². The number of rotatable bonds is 4. The van der Waals surface area contributed by atoms with Crippen molar-refractivity contribution in [1.29, 1.82) is 0 Å². The Morgan fingerprint density at radius 1 is 0.955 bits per heavy atom. The fourth-order valence-corrected chi connectivity index (χ4v) is 4.01. The zero-order valence-corrected chi connectivity index (χ0v) is 14.3. The average Bonchev–Trinajstić information content (AvgIpc) is 2.56. The maximum Gasteiger partial charge on any atom is 0.154 e. The van der Waals surface area contributed by atoms with E-state index >= 15 is 0 Å². The molecule has 3 atom stereocenters. The number of ether oxygens (including phenoxy) is 3. The normalized spacial score (nSPS) is 40.3. The lowest BCUT2D eigenvalue weighted by Crippen LogP contribution is -2.41. The Labute approximate surface area is 135 Å². The lowest BCUT2D eigenvalue weighted by molar-refractivity contribution is -0.215. The van der Waals surface area contributed by atoms with Gasteiger partial charge in [-0.15, -0.1) is 0 Å². The zero-order chi connectivity index (χ0) is 15.4. The van der Waals surface area contributed by atoms with Gasteiger partial charge in [0.1, 0.15) is 0 Å². The van der Waals surface area contributed by atoms with Crippen LogP contribution in [0.2, 0.25) is 0 Å². The lowest BCUT2D eigenvalue weighted by Gasteiger charge is -2.37. The van der Waals surface area contributed by atoms with E-state index in [4.69, 9.17) is 14.2 Å². The standard InChI is InChI=1S/C19H32O3/c1-14-3-5-16(6-4-14)7-8-17-9-10-19(22-11-17)18-12-20-15(2)21-13-18/h3,15-19H,4-13H2,1-2H3. The topological polar surface area (TPSA) is 27.7 Å². The van der Waals surface area contributed by atoms with E-state index in [9.17, 15) is 0 Å². The van der Waals surface area contributed by atoms with Gasteiger partial charge in [0, 0.05) is 12.5 Å². The molecule has 2 fully saturated rings. The Bertz CT molecular complexity index is 363. The van der Waals surface area contributed by atoms with Crippen LogP contribution in [0.1, 0.15) is 58.8 Å². The second kappa shape index (κ2) is 7.94. The molecule has 1 aliphatic carbocycles. The summed E-state index contributed by atoms with van der Waals surface area (Å²) < 4.78 is 17.3. The smallest absolute Gasteiger partial charge is 0.154 e. The van der Waals surface area contributed by atoms with Gasteiger partial charge in [-0.05, 0) is 70.6 Å². The summed E-state index contributed by atoms with van der Waals surface area (Å²) in [6.45, 7) is 6.77. The summed E-state index contributed by atoms with van der Waals surface area (Å²) in [6.07, 6.45) is 12.0. The fourth-order valence-electron chi connectivity index (χ4n) is 4.01. The first-order valence-electron chi connectivity index (χ1n) is 9.21. The van der Waals surface area contributed by atoms with Crippen molar-refractivity contribution in [2.24, 2.45) is 17.8 Å². The minimum Gasteiger partial charge on any atom is -0.377 e. The highest BCUT2D eigenvalue weighted by molar-refractivity contribution is 5.02. The second-order valence-electron chi connectivity index (χ2n) is 7.58. The second-order valence-corrected chi connectivity index (χ2v) is 7.58. The summed E-state index contributed by atoms with van der Waals surface area (Å²) in [5.74, 6) is 2.12. The Hall–Kier alpha value is -0.380. The van der Waals surface area contributed by atoms with Crippen molar-refractivity contribution in [1.82, 2.24) is 0 Å². The predicted octanol–water partition coefficient (Wildman–Crippen LogP) is 4.32. The molecule has 3 unspecified atom stereocenters. The molecule has 0 aromatic rings. The van der Waals surface area contributed by atoms with Gasteiger partial charge in [0.05, 0.1) is 19.3 Å². The Morgan fingerprint density at radius 3 is 2.36 bits per heavy atom. The Balaban J connectivity index is 1.33. The fraction of sp³-hybridized carbons (Fsp3) is 0.895. The first kappa shape index (κ1) is 16.5. The highest BCUT2D eigenvalue weighted by Crippen LogP contribution is 2.32. The monoisotopic (exact) mass is 308 g/mol. The molecule has 2 heterocycles. The molecule has 0 aromatic heterocycles. The van der Waals surface area contributed by atoms with Crippen LogP contribution in [0.15, 0.2) is 11.6 Å². The molecule has 0 spiro atoms. The van der Waals surface area contributed by atoms with E-state index in [1.807, 2.05) is 6.92 Å². The number of hydrogen-bond acceptors (Lipinski definition) is 3. The van der Waals surface area contributed by atoms with Gasteiger partial charge < -0.3 is 14.2 Å². The van der Waals surface area contributed by atoms with E-state index in [-0.39, 0.29) is 6.29 Å². The molecule has 126 valence electrons. The molecule has 3 nitrogen and oxygen atoms in total. The molecule has 0 amide bonds. The molecule has 3 rings (SSSR count). The predicted molar refractivity (Wildman–Crippen MR) is 87.7 cm³/mol. The van der Waals surface area contributed by atoms with Crippen LogP contribution in [0.5, 0.6) is 0 Å². The molecule has 22 heavy (non-hydrogen) atoms. The van der Waals surface area contributed by atoms with Gasteiger partial charge in [0.2, 0.25) is 0 Å². The van der Waals surface area contributed by atoms with E-state index in [2.05, 4.69) is 13.0 Å². The maximum atomic E-state index is 6.15. The van der Waals surface area contributed by atoms with Gasteiger partial charge >= 0.3 is 0 Å². The summed E-state index contributed by atoms with van der Waals surface area (Å²) in [6, 6.07) is 0. The van der Waals surface area contributed by atoms with E-state index in [1.165, 1.54) is 44.9 Å². The largest absolute Gasteiger partial charge is 0.377 e. The summed E-state index contributed by atoms with van der Waals surface area (Å²) >= 11 is 0. The number of hydrogen-bond donors (Lipinski definition) is 0. The van der Waals surface area contributed by atoms with E-state index in [0.29, 0.717) is 12.0 Å². The van der Waals surface area contributed by atoms with Crippen molar-refractivity contribution in [3.63, 3.8) is 0 Å². The molecule has 2 saturated heterocycles. The van der Waals surface area contributed by atoms with Gasteiger partial charge in [-0.1, -0.05) is 11.6 Å². The Kier molecular flexibility index (Phi) is 5.95. The molecule has 3 aliphatic rings. The summed E-state index contributed by atoms with van der Waals surface area (Å²) in [4.78, 5) is 0. The van der Waals surface area contributed by atoms with E-state index < -0.39 is 0 Å². The summed E-state index contributed by atoms with van der Waals surface area (Å²) in [5.41, 5.74) is 1.59. The minimum absolute atomic E-state index is 0.0410. The third kappa shape index (κ3) is 4.56. The van der Waals surface area contributed by atoms with Crippen molar-refractivity contribution in [2.45, 2.75) is 71.2 Å². The summed E-state index contributed by atoms with van der Waals surface area (Å²) in [7, 11) is 0. The highest BCUT2D eigenvalue weighted by Gasteiger charge is 2.31. The van der Waals surface area contributed by atoms with Crippen molar-refractivity contribution >= 4 is 0 Å². The Morgan fingerprint density at radius 2 is 1.73 bits per heavy atom. The lowest BCUT2D eigenvalue weighted by atomic mass is 9.83. The molecular formula is C19H32O3. The molecule has 0 radical (unpaired) electrons. The summed E-state index contributed by atoms with van der Waals surface area (Å²) in [5, 5.41) is 0. The highest BCUT2D eigenvalue weighted by atomic mass is 16.7. The number of allylic oxidation sites excluding steroid dienone is 2. The first-order valence-corrected chi connectivity index (χ1v) is 9.21. The molecule has 0 bridgehead atoms. The third-order valence-corrected chi connectivity index (χ3v) is 5.75. The van der Waals surface area contributed by atoms with Crippen LogP contribution >= 0.6 is 0 Å². The van der Waals surface area contributed by atoms with Crippen molar-refractivity contribution in [2.75, 3.05) is 19.8 Å². The van der Waals surface area contributed by atoms with Crippen LogP contribution in [0, 0.1) is 17.8 Å². The quantitative estimate of drug-likeness (QED) is 0.724. The van der Waals surface area contributed by atoms with Crippen LogP contribution in [0.3, 0.4) is 0 Å². The average molecular weight is 308 g/mol. The molecule has 0 saturated carbocycles. The SMILES string of the molecule is CC1=CCC(CCC2CCC(C3COC(C)OC3)OC2)CC1. The first-order chi connectivity index (χ1) is 10.7. The molecular weight excluding hydrogens is 276 g/mol. The third-order valence-electron chi connectivity index (χ3n) is 5.75. The van der Waals surface area contributed by atoms with Gasteiger partial charge in [0.25, 0.3) is 0 Å². The van der Waals surface area contributed by atoms with Gasteiger partial charge in [0.15, 0.2) is 6.29 Å².